The van der Waals surface area contributed by atoms with E-state index in [0.29, 0.717) is 19.5 Å². The number of benzene rings is 1. The predicted octanol–water partition coefficient (Wildman–Crippen LogP) is 2.07. The highest BCUT2D eigenvalue weighted by Gasteiger charge is 2.32. The maximum atomic E-state index is 12.8. The van der Waals surface area contributed by atoms with Crippen molar-refractivity contribution in [2.75, 3.05) is 25.1 Å². The summed E-state index contributed by atoms with van der Waals surface area (Å²) >= 11 is 1.68. The molecular weight excluding hydrogens is 336 g/mol. The molecule has 3 rings (SSSR count). The Morgan fingerprint density at radius 3 is 2.96 bits per heavy atom. The minimum atomic E-state index is -0.428. The van der Waals surface area contributed by atoms with E-state index in [9.17, 15) is 9.59 Å². The monoisotopic (exact) mass is 360 g/mol. The molecule has 2 aromatic rings. The maximum absolute atomic E-state index is 12.8. The summed E-state index contributed by atoms with van der Waals surface area (Å²) in [4.78, 5) is 30.6. The van der Waals surface area contributed by atoms with E-state index >= 15 is 0 Å². The Morgan fingerprint density at radius 1 is 1.40 bits per heavy atom. The van der Waals surface area contributed by atoms with Gasteiger partial charge in [0.15, 0.2) is 0 Å². The molecule has 1 saturated heterocycles. The number of likely N-dealkylation sites (tertiary alicyclic amines) is 1. The number of nitrogens with zero attached hydrogens (tertiary/aromatic N) is 3. The van der Waals surface area contributed by atoms with Crippen molar-refractivity contribution < 1.29 is 9.59 Å². The van der Waals surface area contributed by atoms with Gasteiger partial charge in [0.05, 0.1) is 23.4 Å². The Morgan fingerprint density at radius 2 is 2.20 bits per heavy atom. The summed E-state index contributed by atoms with van der Waals surface area (Å²) in [6.07, 6.45) is 5.43. The Labute approximate surface area is 152 Å². The number of amides is 2. The number of thioether (sulfide) groups is 1. The van der Waals surface area contributed by atoms with E-state index in [2.05, 4.69) is 20.9 Å². The molecule has 1 aliphatic rings. The molecule has 0 bridgehead atoms. The first-order chi connectivity index (χ1) is 12.1. The normalized spacial score (nSPS) is 18.5. The largest absolute Gasteiger partial charge is 0.345 e. The predicted molar refractivity (Wildman–Crippen MR) is 101 cm³/mol. The van der Waals surface area contributed by atoms with Crippen LogP contribution in [0.25, 0.3) is 11.0 Å². The average molecular weight is 360 g/mol. The van der Waals surface area contributed by atoms with Gasteiger partial charge in [-0.15, -0.1) is 0 Å². The zero-order valence-corrected chi connectivity index (χ0v) is 15.5. The number of hydrogen-bond acceptors (Lipinski definition) is 4. The molecule has 0 aliphatic carbocycles. The first-order valence-corrected chi connectivity index (χ1v) is 9.96. The fraction of sp³-hybridized carbons (Fsp3) is 0.500. The second kappa shape index (κ2) is 7.91. The van der Waals surface area contributed by atoms with Gasteiger partial charge in [-0.2, -0.15) is 11.8 Å². The molecule has 1 aliphatic heterocycles. The first kappa shape index (κ1) is 17.8. The van der Waals surface area contributed by atoms with Crippen molar-refractivity contribution in [3.05, 3.63) is 30.6 Å². The number of para-hydroxylation sites is 2. The Bertz CT molecular complexity index is 760. The van der Waals surface area contributed by atoms with Gasteiger partial charge in [0.25, 0.3) is 0 Å². The summed E-state index contributed by atoms with van der Waals surface area (Å²) in [6, 6.07) is 7.85. The minimum absolute atomic E-state index is 0.0242. The topological polar surface area (TPSA) is 67.2 Å². The molecule has 2 atom stereocenters. The van der Waals surface area contributed by atoms with Gasteiger partial charge in [-0.25, -0.2) is 4.98 Å². The number of hydrogen-bond donors (Lipinski definition) is 1. The van der Waals surface area contributed by atoms with Crippen LogP contribution in [0.2, 0.25) is 0 Å². The van der Waals surface area contributed by atoms with Crippen LogP contribution in [0.4, 0.5) is 0 Å². The summed E-state index contributed by atoms with van der Waals surface area (Å²) in [5, 5.41) is 2.81. The molecule has 2 amide bonds. The fourth-order valence-electron chi connectivity index (χ4n) is 3.40. The number of rotatable bonds is 6. The SMILES string of the molecule is CSCC[C@@H](NC(C)=O)C(=O)N1CC[C@@H](n2cnc3ccccc32)C1. The summed E-state index contributed by atoms with van der Waals surface area (Å²) in [5.74, 6) is 0.715. The minimum Gasteiger partial charge on any atom is -0.345 e. The van der Waals surface area contributed by atoms with E-state index in [1.807, 2.05) is 35.7 Å². The molecule has 0 radical (unpaired) electrons. The van der Waals surface area contributed by atoms with Crippen LogP contribution in [-0.2, 0) is 9.59 Å². The molecule has 0 unspecified atom stereocenters. The van der Waals surface area contributed by atoms with E-state index < -0.39 is 6.04 Å². The standard InChI is InChI=1S/C18H24N4O2S/c1-13(23)20-16(8-10-25-2)18(24)21-9-7-14(11-21)22-12-19-15-5-3-4-6-17(15)22/h3-6,12,14,16H,7-11H2,1-2H3,(H,20,23)/t14-,16-/m1/s1. The van der Waals surface area contributed by atoms with Crippen LogP contribution >= 0.6 is 11.8 Å². The summed E-state index contributed by atoms with van der Waals surface area (Å²) < 4.78 is 2.16. The summed E-state index contributed by atoms with van der Waals surface area (Å²) in [6.45, 7) is 2.84. The van der Waals surface area contributed by atoms with Gasteiger partial charge >= 0.3 is 0 Å². The summed E-state index contributed by atoms with van der Waals surface area (Å²) in [7, 11) is 0. The third-order valence-corrected chi connectivity index (χ3v) is 5.28. The number of fused-ring (bicyclic) bond motifs is 1. The Balaban J connectivity index is 1.70. The van der Waals surface area contributed by atoms with E-state index in [-0.39, 0.29) is 17.9 Å². The zero-order valence-electron chi connectivity index (χ0n) is 14.6. The molecule has 1 aromatic heterocycles. The molecule has 0 spiro atoms. The molecule has 2 heterocycles. The van der Waals surface area contributed by atoms with E-state index in [4.69, 9.17) is 0 Å². The van der Waals surface area contributed by atoms with Crippen LogP contribution in [0.15, 0.2) is 30.6 Å². The second-order valence-corrected chi connectivity index (χ2v) is 7.39. The smallest absolute Gasteiger partial charge is 0.245 e. The fourth-order valence-corrected chi connectivity index (χ4v) is 3.87. The van der Waals surface area contributed by atoms with Crippen LogP contribution in [0, 0.1) is 0 Å². The molecule has 6 nitrogen and oxygen atoms in total. The molecule has 0 saturated carbocycles. The molecule has 1 N–H and O–H groups in total. The van der Waals surface area contributed by atoms with Gasteiger partial charge in [-0.05, 0) is 37.0 Å². The lowest BCUT2D eigenvalue weighted by Crippen LogP contribution is -2.47. The van der Waals surface area contributed by atoms with E-state index in [0.717, 1.165) is 23.2 Å². The molecule has 1 aromatic carbocycles. The number of carbonyl (C=O) groups is 2. The molecular formula is C18H24N4O2S. The van der Waals surface area contributed by atoms with Crippen LogP contribution < -0.4 is 5.32 Å². The van der Waals surface area contributed by atoms with Crippen LogP contribution in [0.1, 0.15) is 25.8 Å². The maximum Gasteiger partial charge on any atom is 0.245 e. The lowest BCUT2D eigenvalue weighted by atomic mass is 10.2. The lowest BCUT2D eigenvalue weighted by Gasteiger charge is -2.24. The highest BCUT2D eigenvalue weighted by Crippen LogP contribution is 2.26. The Hall–Kier alpha value is -2.02. The number of imidazole rings is 1. The van der Waals surface area contributed by atoms with Gasteiger partial charge < -0.3 is 14.8 Å². The van der Waals surface area contributed by atoms with Crippen LogP contribution in [0.5, 0.6) is 0 Å². The van der Waals surface area contributed by atoms with Gasteiger partial charge in [0, 0.05) is 20.0 Å². The van der Waals surface area contributed by atoms with Gasteiger partial charge in [0.1, 0.15) is 6.04 Å². The number of carbonyl (C=O) groups excluding carboxylic acids is 2. The number of nitrogens with one attached hydrogen (secondary N) is 1. The van der Waals surface area contributed by atoms with E-state index in [1.54, 1.807) is 11.8 Å². The van der Waals surface area contributed by atoms with Gasteiger partial charge in [0.2, 0.25) is 11.8 Å². The highest BCUT2D eigenvalue weighted by molar-refractivity contribution is 7.98. The Kier molecular flexibility index (Phi) is 5.63. The third-order valence-electron chi connectivity index (χ3n) is 4.64. The van der Waals surface area contributed by atoms with Crippen molar-refractivity contribution in [3.8, 4) is 0 Å². The van der Waals surface area contributed by atoms with Crippen molar-refractivity contribution in [2.45, 2.75) is 31.8 Å². The van der Waals surface area contributed by atoms with Crippen molar-refractivity contribution in [2.24, 2.45) is 0 Å². The first-order valence-electron chi connectivity index (χ1n) is 8.56. The highest BCUT2D eigenvalue weighted by atomic mass is 32.2. The van der Waals surface area contributed by atoms with Crippen LogP contribution in [-0.4, -0.2) is 57.4 Å². The van der Waals surface area contributed by atoms with Crippen LogP contribution in [0.3, 0.4) is 0 Å². The van der Waals surface area contributed by atoms with E-state index in [1.165, 1.54) is 6.92 Å². The van der Waals surface area contributed by atoms with Crippen molar-refractivity contribution in [1.29, 1.82) is 0 Å². The third kappa shape index (κ3) is 3.98. The second-order valence-electron chi connectivity index (χ2n) is 6.40. The molecule has 7 heteroatoms. The van der Waals surface area contributed by atoms with Gasteiger partial charge in [-0.3, -0.25) is 9.59 Å². The van der Waals surface area contributed by atoms with Crippen molar-refractivity contribution >= 4 is 34.6 Å². The quantitative estimate of drug-likeness (QED) is 0.856. The zero-order chi connectivity index (χ0) is 17.8. The lowest BCUT2D eigenvalue weighted by molar-refractivity contribution is -0.135. The molecule has 25 heavy (non-hydrogen) atoms. The molecule has 134 valence electrons. The summed E-state index contributed by atoms with van der Waals surface area (Å²) in [5.41, 5.74) is 2.07. The van der Waals surface area contributed by atoms with Crippen molar-refractivity contribution in [3.63, 3.8) is 0 Å². The molecule has 1 fully saturated rings. The number of aromatic nitrogens is 2. The van der Waals surface area contributed by atoms with Crippen molar-refractivity contribution in [1.82, 2.24) is 19.8 Å². The van der Waals surface area contributed by atoms with Gasteiger partial charge in [-0.1, -0.05) is 12.1 Å². The average Bonchev–Trinajstić information content (AvgIpc) is 3.24.